The Morgan fingerprint density at radius 3 is 2.52 bits per heavy atom. The minimum Gasteiger partial charge on any atom is -0.545 e. The fraction of sp³-hybridized carbons (Fsp3) is 0.238. The number of hydrogen-bond donors (Lipinski definition) is 1. The molecule has 2 aliphatic rings. The van der Waals surface area contributed by atoms with E-state index in [0.29, 0.717) is 17.7 Å². The molecule has 2 aromatic carbocycles. The van der Waals surface area contributed by atoms with Gasteiger partial charge in [0.1, 0.15) is 5.75 Å². The Kier molecular flexibility index (Phi) is 4.54. The zero-order valence-electron chi connectivity index (χ0n) is 15.5. The number of anilines is 1. The maximum Gasteiger partial charge on any atom is 0.308 e. The molecular formula is C21H17N2O6-. The molecule has 0 radical (unpaired) electrons. The lowest BCUT2D eigenvalue weighted by molar-refractivity contribution is -0.385. The van der Waals surface area contributed by atoms with Gasteiger partial charge in [-0.25, -0.2) is 0 Å². The molecule has 0 saturated carbocycles. The summed E-state index contributed by atoms with van der Waals surface area (Å²) in [6, 6.07) is 9.09. The number of carboxylic acid groups (broad SMARTS) is 1. The summed E-state index contributed by atoms with van der Waals surface area (Å²) in [5.41, 5.74) is 1.25. The van der Waals surface area contributed by atoms with Gasteiger partial charge in [0, 0.05) is 24.5 Å². The molecule has 1 aliphatic carbocycles. The van der Waals surface area contributed by atoms with Gasteiger partial charge in [0.2, 0.25) is 0 Å². The second-order valence-corrected chi connectivity index (χ2v) is 7.10. The van der Waals surface area contributed by atoms with Gasteiger partial charge in [-0.1, -0.05) is 24.3 Å². The third-order valence-electron chi connectivity index (χ3n) is 5.41. The molecule has 0 spiro atoms. The molecule has 0 saturated heterocycles. The van der Waals surface area contributed by atoms with Crippen LogP contribution in [0.3, 0.4) is 0 Å². The van der Waals surface area contributed by atoms with Gasteiger partial charge >= 0.3 is 5.97 Å². The number of ether oxygens (including phenoxy) is 1. The molecule has 0 amide bonds. The van der Waals surface area contributed by atoms with Crippen LogP contribution in [0.15, 0.2) is 48.6 Å². The molecule has 4 rings (SSSR count). The number of allylic oxidation sites excluding steroid dienone is 2. The molecule has 8 heteroatoms. The number of nitrogens with zero attached hydrogens (tertiary/aromatic N) is 1. The lowest BCUT2D eigenvalue weighted by Crippen LogP contribution is -2.33. The van der Waals surface area contributed by atoms with E-state index < -0.39 is 16.9 Å². The number of rotatable bonds is 4. The largest absolute Gasteiger partial charge is 0.545 e. The normalized spacial score (nSPS) is 21.6. The van der Waals surface area contributed by atoms with E-state index >= 15 is 0 Å². The molecule has 0 fully saturated rings. The third kappa shape index (κ3) is 3.22. The maximum absolute atomic E-state index is 11.6. The Morgan fingerprint density at radius 2 is 1.90 bits per heavy atom. The predicted octanol–water partition coefficient (Wildman–Crippen LogP) is 2.71. The summed E-state index contributed by atoms with van der Waals surface area (Å²) in [5.74, 6) is -1.71. The smallest absolute Gasteiger partial charge is 0.308 e. The number of benzene rings is 2. The van der Waals surface area contributed by atoms with Crippen LogP contribution < -0.4 is 15.2 Å². The number of carbonyl (C=O) groups excluding carboxylic acids is 2. The molecule has 0 unspecified atom stereocenters. The van der Waals surface area contributed by atoms with Crippen molar-refractivity contribution in [3.63, 3.8) is 0 Å². The zero-order valence-corrected chi connectivity index (χ0v) is 15.5. The monoisotopic (exact) mass is 393 g/mol. The van der Waals surface area contributed by atoms with Crippen molar-refractivity contribution in [2.24, 2.45) is 5.92 Å². The van der Waals surface area contributed by atoms with Crippen LogP contribution in [-0.4, -0.2) is 16.9 Å². The van der Waals surface area contributed by atoms with E-state index in [9.17, 15) is 24.8 Å². The first-order valence-corrected chi connectivity index (χ1v) is 9.11. The van der Waals surface area contributed by atoms with Crippen molar-refractivity contribution < 1.29 is 24.4 Å². The molecule has 0 aromatic heterocycles. The molecule has 148 valence electrons. The summed E-state index contributed by atoms with van der Waals surface area (Å²) < 4.78 is 5.06. The molecule has 8 nitrogen and oxygen atoms in total. The Bertz CT molecular complexity index is 1040. The van der Waals surface area contributed by atoms with Crippen LogP contribution in [0, 0.1) is 16.0 Å². The summed E-state index contributed by atoms with van der Waals surface area (Å²) in [5, 5.41) is 26.4. The minimum atomic E-state index is -1.40. The fourth-order valence-corrected chi connectivity index (χ4v) is 4.26. The fourth-order valence-electron chi connectivity index (χ4n) is 4.26. The first-order valence-electron chi connectivity index (χ1n) is 9.11. The molecule has 0 bridgehead atoms. The van der Waals surface area contributed by atoms with E-state index in [1.165, 1.54) is 19.1 Å². The van der Waals surface area contributed by atoms with Crippen molar-refractivity contribution in [1.29, 1.82) is 0 Å². The van der Waals surface area contributed by atoms with Gasteiger partial charge in [-0.3, -0.25) is 14.9 Å². The van der Waals surface area contributed by atoms with Gasteiger partial charge in [0.25, 0.3) is 5.69 Å². The second kappa shape index (κ2) is 7.05. The molecule has 3 atom stereocenters. The number of fused-ring (bicyclic) bond motifs is 3. The number of aromatic carboxylic acids is 1. The number of carboxylic acids is 1. The van der Waals surface area contributed by atoms with Gasteiger partial charge in [-0.2, -0.15) is 0 Å². The van der Waals surface area contributed by atoms with E-state index in [-0.39, 0.29) is 34.8 Å². The lowest BCUT2D eigenvalue weighted by Gasteiger charge is -2.38. The first-order chi connectivity index (χ1) is 13.9. The van der Waals surface area contributed by atoms with Gasteiger partial charge in [-0.05, 0) is 36.1 Å². The van der Waals surface area contributed by atoms with E-state index in [1.807, 2.05) is 12.2 Å². The molecule has 1 heterocycles. The van der Waals surface area contributed by atoms with Gasteiger partial charge < -0.3 is 20.0 Å². The summed E-state index contributed by atoms with van der Waals surface area (Å²) >= 11 is 0. The Morgan fingerprint density at radius 1 is 1.17 bits per heavy atom. The van der Waals surface area contributed by atoms with Crippen LogP contribution in [-0.2, 0) is 4.79 Å². The third-order valence-corrected chi connectivity index (χ3v) is 5.41. The number of hydrogen-bond acceptors (Lipinski definition) is 7. The van der Waals surface area contributed by atoms with Gasteiger partial charge in [-0.15, -0.1) is 0 Å². The van der Waals surface area contributed by atoms with Crippen molar-refractivity contribution in [3.8, 4) is 5.75 Å². The number of esters is 1. The van der Waals surface area contributed by atoms with E-state index in [2.05, 4.69) is 5.32 Å². The highest BCUT2D eigenvalue weighted by atomic mass is 16.6. The SMILES string of the molecule is CC(=O)Oc1ccc([C@@H]2Nc3c(C(=O)[O-])ccc([N+](=O)[O-])c3[C@H]3C=CC[C@H]32)cc1. The van der Waals surface area contributed by atoms with Crippen molar-refractivity contribution in [3.05, 3.63) is 75.4 Å². The minimum absolute atomic E-state index is 0.0159. The maximum atomic E-state index is 11.6. The number of nitro groups is 1. The van der Waals surface area contributed by atoms with Crippen LogP contribution in [0.5, 0.6) is 5.75 Å². The molecule has 29 heavy (non-hydrogen) atoms. The average molecular weight is 393 g/mol. The summed E-state index contributed by atoms with van der Waals surface area (Å²) in [4.78, 5) is 33.8. The topological polar surface area (TPSA) is 122 Å². The van der Waals surface area contributed by atoms with E-state index in [0.717, 1.165) is 5.56 Å². The van der Waals surface area contributed by atoms with E-state index in [4.69, 9.17) is 4.74 Å². The van der Waals surface area contributed by atoms with Crippen LogP contribution >= 0.6 is 0 Å². The van der Waals surface area contributed by atoms with Crippen LogP contribution in [0.25, 0.3) is 0 Å². The van der Waals surface area contributed by atoms with Crippen LogP contribution in [0.4, 0.5) is 11.4 Å². The van der Waals surface area contributed by atoms with Crippen LogP contribution in [0.2, 0.25) is 0 Å². The standard InChI is InChI=1S/C21H18N2O6/c1-11(24)29-13-7-5-12(6-8-13)19-15-4-2-3-14(15)18-17(23(27)28)10-9-16(21(25)26)20(18)22-19/h2-3,5-10,14-15,19,22H,4H2,1H3,(H,25,26)/p-1/t14-,15+,19-/m0/s1. The van der Waals surface area contributed by atoms with Crippen molar-refractivity contribution >= 4 is 23.3 Å². The Balaban J connectivity index is 1.80. The van der Waals surface area contributed by atoms with Gasteiger partial charge in [0.05, 0.1) is 28.2 Å². The number of carbonyl (C=O) groups is 2. The average Bonchev–Trinajstić information content (AvgIpc) is 3.16. The summed E-state index contributed by atoms with van der Waals surface area (Å²) in [6.07, 6.45) is 4.55. The number of nitro benzene ring substituents is 1. The Labute approximate surface area is 166 Å². The van der Waals surface area contributed by atoms with Crippen LogP contribution in [0.1, 0.15) is 46.8 Å². The highest BCUT2D eigenvalue weighted by Crippen LogP contribution is 2.53. The molecule has 1 N–H and O–H groups in total. The molecular weight excluding hydrogens is 376 g/mol. The quantitative estimate of drug-likeness (QED) is 0.279. The van der Waals surface area contributed by atoms with Gasteiger partial charge in [0.15, 0.2) is 0 Å². The predicted molar refractivity (Wildman–Crippen MR) is 102 cm³/mol. The zero-order chi connectivity index (χ0) is 20.7. The Hall–Kier alpha value is -3.68. The number of nitrogens with one attached hydrogen (secondary N) is 1. The van der Waals surface area contributed by atoms with Crippen molar-refractivity contribution in [2.75, 3.05) is 5.32 Å². The highest BCUT2D eigenvalue weighted by molar-refractivity contribution is 5.95. The molecule has 1 aliphatic heterocycles. The van der Waals surface area contributed by atoms with Crippen molar-refractivity contribution in [2.45, 2.75) is 25.3 Å². The lowest BCUT2D eigenvalue weighted by atomic mass is 9.75. The second-order valence-electron chi connectivity index (χ2n) is 7.10. The van der Waals surface area contributed by atoms with Crippen molar-refractivity contribution in [1.82, 2.24) is 0 Å². The summed E-state index contributed by atoms with van der Waals surface area (Å²) in [6.45, 7) is 1.32. The molecule has 2 aromatic rings. The highest BCUT2D eigenvalue weighted by Gasteiger charge is 2.42. The van der Waals surface area contributed by atoms with E-state index in [1.54, 1.807) is 24.3 Å². The first kappa shape index (κ1) is 18.7. The summed E-state index contributed by atoms with van der Waals surface area (Å²) in [7, 11) is 0.